The predicted molar refractivity (Wildman–Crippen MR) is 98.0 cm³/mol. The molecule has 2 N–H and O–H groups in total. The van der Waals surface area contributed by atoms with Crippen molar-refractivity contribution in [2.75, 3.05) is 13.1 Å². The first-order chi connectivity index (χ1) is 13.7. The molecule has 11 heteroatoms. The highest BCUT2D eigenvalue weighted by Gasteiger charge is 2.36. The average molecular weight is 428 g/mol. The van der Waals surface area contributed by atoms with E-state index in [9.17, 15) is 22.8 Å². The van der Waals surface area contributed by atoms with E-state index in [1.54, 1.807) is 31.2 Å². The Morgan fingerprint density at radius 2 is 2.00 bits per heavy atom. The number of hydrogen-bond donors (Lipinski definition) is 2. The number of amides is 3. The largest absolute Gasteiger partial charge is 0.451 e. The SMILES string of the molecule is CC1C(=O)NCCN1C(=O)NC(c1ccc(Cl)cc1)c1ccnc(C(F)(F)F)n1. The number of benzene rings is 1. The van der Waals surface area contributed by atoms with Crippen LogP contribution in [-0.4, -0.2) is 45.9 Å². The van der Waals surface area contributed by atoms with Gasteiger partial charge in [0.05, 0.1) is 11.7 Å². The molecule has 7 nitrogen and oxygen atoms in total. The average Bonchev–Trinajstić information content (AvgIpc) is 2.68. The van der Waals surface area contributed by atoms with Crippen molar-refractivity contribution >= 4 is 23.5 Å². The molecule has 1 aliphatic heterocycles. The third kappa shape index (κ3) is 4.76. The Labute approximate surface area is 169 Å². The second kappa shape index (κ2) is 8.24. The van der Waals surface area contributed by atoms with E-state index in [1.807, 2.05) is 0 Å². The van der Waals surface area contributed by atoms with Gasteiger partial charge in [-0.05, 0) is 30.7 Å². The first-order valence-electron chi connectivity index (χ1n) is 8.67. The van der Waals surface area contributed by atoms with Crippen LogP contribution in [0.2, 0.25) is 5.02 Å². The highest BCUT2D eigenvalue weighted by atomic mass is 35.5. The molecule has 1 aromatic heterocycles. The van der Waals surface area contributed by atoms with Gasteiger partial charge in [0.25, 0.3) is 0 Å². The standard InChI is InChI=1S/C18H17ClF3N5O2/c1-10-15(28)23-8-9-27(10)17(29)26-14(11-2-4-12(19)5-3-11)13-6-7-24-16(25-13)18(20,21)22/h2-7,10,14H,8-9H2,1H3,(H,23,28)(H,26,29). The Morgan fingerprint density at radius 3 is 2.66 bits per heavy atom. The third-order valence-corrected chi connectivity index (χ3v) is 4.71. The third-order valence-electron chi connectivity index (χ3n) is 4.46. The van der Waals surface area contributed by atoms with Crippen molar-refractivity contribution in [3.05, 3.63) is 58.6 Å². The molecule has 29 heavy (non-hydrogen) atoms. The van der Waals surface area contributed by atoms with Crippen molar-refractivity contribution in [2.45, 2.75) is 25.2 Å². The molecule has 0 spiro atoms. The lowest BCUT2D eigenvalue weighted by atomic mass is 10.0. The minimum atomic E-state index is -4.73. The van der Waals surface area contributed by atoms with Crippen molar-refractivity contribution in [1.29, 1.82) is 0 Å². The van der Waals surface area contributed by atoms with Gasteiger partial charge in [-0.1, -0.05) is 23.7 Å². The minimum Gasteiger partial charge on any atom is -0.353 e. The fraction of sp³-hybridized carbons (Fsp3) is 0.333. The van der Waals surface area contributed by atoms with E-state index < -0.39 is 30.1 Å². The van der Waals surface area contributed by atoms with Crippen LogP contribution in [0.5, 0.6) is 0 Å². The molecular weight excluding hydrogens is 411 g/mol. The Hall–Kier alpha value is -2.88. The maximum Gasteiger partial charge on any atom is 0.451 e. The minimum absolute atomic E-state index is 0.0443. The van der Waals surface area contributed by atoms with E-state index in [2.05, 4.69) is 20.6 Å². The molecule has 2 atom stereocenters. The summed E-state index contributed by atoms with van der Waals surface area (Å²) in [6.45, 7) is 2.12. The van der Waals surface area contributed by atoms with Gasteiger partial charge < -0.3 is 15.5 Å². The molecule has 0 radical (unpaired) electrons. The molecule has 2 unspecified atom stereocenters. The monoisotopic (exact) mass is 427 g/mol. The quantitative estimate of drug-likeness (QED) is 0.788. The smallest absolute Gasteiger partial charge is 0.353 e. The normalized spacial score (nSPS) is 18.2. The molecule has 1 aromatic carbocycles. The second-order valence-corrected chi connectivity index (χ2v) is 6.83. The summed E-state index contributed by atoms with van der Waals surface area (Å²) in [4.78, 5) is 32.8. The zero-order chi connectivity index (χ0) is 21.2. The van der Waals surface area contributed by atoms with Gasteiger partial charge >= 0.3 is 12.2 Å². The number of nitrogens with zero attached hydrogens (tertiary/aromatic N) is 3. The Kier molecular flexibility index (Phi) is 5.92. The fourth-order valence-electron chi connectivity index (χ4n) is 2.92. The molecule has 0 saturated carbocycles. The number of nitrogens with one attached hydrogen (secondary N) is 2. The molecule has 1 aliphatic rings. The first kappa shape index (κ1) is 20.8. The lowest BCUT2D eigenvalue weighted by molar-refractivity contribution is -0.145. The van der Waals surface area contributed by atoms with Crippen molar-refractivity contribution in [3.63, 3.8) is 0 Å². The van der Waals surface area contributed by atoms with Crippen LogP contribution in [0.25, 0.3) is 0 Å². The van der Waals surface area contributed by atoms with E-state index in [-0.39, 0.29) is 24.7 Å². The number of hydrogen-bond acceptors (Lipinski definition) is 4. The van der Waals surface area contributed by atoms with Crippen LogP contribution < -0.4 is 10.6 Å². The van der Waals surface area contributed by atoms with Gasteiger partial charge in [0, 0.05) is 24.3 Å². The first-order valence-corrected chi connectivity index (χ1v) is 9.05. The van der Waals surface area contributed by atoms with E-state index in [0.717, 1.165) is 6.20 Å². The molecule has 2 aromatic rings. The molecule has 1 fully saturated rings. The number of halogens is 4. The van der Waals surface area contributed by atoms with Crippen LogP contribution in [0.1, 0.15) is 30.0 Å². The van der Waals surface area contributed by atoms with Crippen molar-refractivity contribution in [3.8, 4) is 0 Å². The number of urea groups is 1. The molecular formula is C18H17ClF3N5O2. The molecule has 0 aliphatic carbocycles. The molecule has 3 amide bonds. The van der Waals surface area contributed by atoms with Crippen LogP contribution in [0.3, 0.4) is 0 Å². The van der Waals surface area contributed by atoms with Crippen LogP contribution in [0, 0.1) is 0 Å². The zero-order valence-corrected chi connectivity index (χ0v) is 16.0. The maximum absolute atomic E-state index is 13.1. The summed E-state index contributed by atoms with van der Waals surface area (Å²) in [5, 5.41) is 5.75. The van der Waals surface area contributed by atoms with Crippen molar-refractivity contribution < 1.29 is 22.8 Å². The fourth-order valence-corrected chi connectivity index (χ4v) is 3.05. The highest BCUT2D eigenvalue weighted by molar-refractivity contribution is 6.30. The van der Waals surface area contributed by atoms with Gasteiger partial charge in [-0.3, -0.25) is 4.79 Å². The summed E-state index contributed by atoms with van der Waals surface area (Å²) < 4.78 is 39.2. The Balaban J connectivity index is 1.95. The number of aromatic nitrogens is 2. The number of carbonyl (C=O) groups is 2. The lowest BCUT2D eigenvalue weighted by Gasteiger charge is -2.34. The van der Waals surface area contributed by atoms with Crippen LogP contribution in [0.4, 0.5) is 18.0 Å². The van der Waals surface area contributed by atoms with Gasteiger partial charge in [0.1, 0.15) is 6.04 Å². The van der Waals surface area contributed by atoms with Gasteiger partial charge in [-0.25, -0.2) is 14.8 Å². The number of rotatable bonds is 3. The summed E-state index contributed by atoms with van der Waals surface area (Å²) >= 11 is 5.90. The molecule has 1 saturated heterocycles. The predicted octanol–water partition coefficient (Wildman–Crippen LogP) is 2.77. The molecule has 154 valence electrons. The summed E-state index contributed by atoms with van der Waals surface area (Å²) in [6, 6.07) is 5.24. The molecule has 3 rings (SSSR count). The van der Waals surface area contributed by atoms with E-state index in [1.165, 1.54) is 11.0 Å². The summed E-state index contributed by atoms with van der Waals surface area (Å²) in [5.41, 5.74) is 0.431. The number of carbonyl (C=O) groups excluding carboxylic acids is 2. The highest BCUT2D eigenvalue weighted by Crippen LogP contribution is 2.28. The topological polar surface area (TPSA) is 87.2 Å². The number of piperazine rings is 1. The van der Waals surface area contributed by atoms with Crippen molar-refractivity contribution in [2.24, 2.45) is 0 Å². The van der Waals surface area contributed by atoms with Crippen LogP contribution >= 0.6 is 11.6 Å². The van der Waals surface area contributed by atoms with Gasteiger partial charge in [-0.2, -0.15) is 13.2 Å². The van der Waals surface area contributed by atoms with Gasteiger partial charge in [-0.15, -0.1) is 0 Å². The summed E-state index contributed by atoms with van der Waals surface area (Å²) in [6.07, 6.45) is -3.75. The van der Waals surface area contributed by atoms with Crippen LogP contribution in [0.15, 0.2) is 36.5 Å². The van der Waals surface area contributed by atoms with Gasteiger partial charge in [0.15, 0.2) is 0 Å². The summed E-state index contributed by atoms with van der Waals surface area (Å²) in [5.74, 6) is -1.62. The van der Waals surface area contributed by atoms with E-state index in [4.69, 9.17) is 11.6 Å². The van der Waals surface area contributed by atoms with E-state index >= 15 is 0 Å². The second-order valence-electron chi connectivity index (χ2n) is 6.40. The molecule has 0 bridgehead atoms. The van der Waals surface area contributed by atoms with Crippen LogP contribution in [-0.2, 0) is 11.0 Å². The van der Waals surface area contributed by atoms with Crippen molar-refractivity contribution in [1.82, 2.24) is 25.5 Å². The van der Waals surface area contributed by atoms with E-state index in [0.29, 0.717) is 10.6 Å². The Bertz CT molecular complexity index is 907. The van der Waals surface area contributed by atoms with Gasteiger partial charge in [0.2, 0.25) is 11.7 Å². The lowest BCUT2D eigenvalue weighted by Crippen LogP contribution is -2.58. The zero-order valence-electron chi connectivity index (χ0n) is 15.2. The number of alkyl halides is 3. The summed E-state index contributed by atoms with van der Waals surface area (Å²) in [7, 11) is 0. The molecule has 2 heterocycles. The maximum atomic E-state index is 13.1. The Morgan fingerprint density at radius 1 is 1.31 bits per heavy atom.